The second-order valence-corrected chi connectivity index (χ2v) is 6.89. The number of carbonyl (C=O) groups is 1. The van der Waals surface area contributed by atoms with E-state index in [1.54, 1.807) is 12.1 Å². The van der Waals surface area contributed by atoms with Gasteiger partial charge in [0.25, 0.3) is 5.91 Å². The highest BCUT2D eigenvalue weighted by molar-refractivity contribution is 7.89. The van der Waals surface area contributed by atoms with E-state index in [9.17, 15) is 17.6 Å². The van der Waals surface area contributed by atoms with Gasteiger partial charge < -0.3 is 5.32 Å². The molecule has 0 aromatic heterocycles. The Bertz CT molecular complexity index is 885. The van der Waals surface area contributed by atoms with Crippen LogP contribution in [0.4, 0.5) is 10.1 Å². The highest BCUT2D eigenvalue weighted by atomic mass is 35.5. The van der Waals surface area contributed by atoms with Gasteiger partial charge in [-0.25, -0.2) is 17.5 Å². The molecule has 0 atom stereocenters. The minimum Gasteiger partial charge on any atom is -0.319 e. The topological polar surface area (TPSA) is 75.3 Å². The summed E-state index contributed by atoms with van der Waals surface area (Å²) in [4.78, 5) is 11.9. The molecule has 0 saturated heterocycles. The smallest absolute Gasteiger partial charge is 0.257 e. The van der Waals surface area contributed by atoms with Gasteiger partial charge in [-0.1, -0.05) is 29.8 Å². The molecule has 0 spiro atoms. The lowest BCUT2D eigenvalue weighted by Gasteiger charge is -2.10. The van der Waals surface area contributed by atoms with E-state index in [0.29, 0.717) is 0 Å². The summed E-state index contributed by atoms with van der Waals surface area (Å²) in [7, 11) is -3.84. The van der Waals surface area contributed by atoms with Gasteiger partial charge in [-0.2, -0.15) is 0 Å². The van der Waals surface area contributed by atoms with Crippen molar-refractivity contribution >= 4 is 33.2 Å². The molecule has 126 valence electrons. The van der Waals surface area contributed by atoms with Gasteiger partial charge in [0.05, 0.1) is 21.2 Å². The van der Waals surface area contributed by atoms with Gasteiger partial charge in [-0.3, -0.25) is 4.79 Å². The van der Waals surface area contributed by atoms with Crippen molar-refractivity contribution in [3.05, 3.63) is 71.5 Å². The van der Waals surface area contributed by atoms with Crippen LogP contribution in [0.1, 0.15) is 10.4 Å². The molecule has 2 N–H and O–H groups in total. The molecule has 0 heterocycles. The summed E-state index contributed by atoms with van der Waals surface area (Å²) in [6.07, 6.45) is 1.37. The number of anilines is 1. The van der Waals surface area contributed by atoms with Crippen LogP contribution in [0, 0.1) is 5.82 Å². The van der Waals surface area contributed by atoms with E-state index >= 15 is 0 Å². The summed E-state index contributed by atoms with van der Waals surface area (Å²) >= 11 is 5.91. The van der Waals surface area contributed by atoms with Crippen molar-refractivity contribution in [2.45, 2.75) is 4.90 Å². The van der Waals surface area contributed by atoms with Crippen LogP contribution in [0.25, 0.3) is 0 Å². The molecule has 1 amide bonds. The average Bonchev–Trinajstić information content (AvgIpc) is 2.55. The largest absolute Gasteiger partial charge is 0.319 e. The number of amides is 1. The van der Waals surface area contributed by atoms with Crippen molar-refractivity contribution in [2.24, 2.45) is 0 Å². The first-order chi connectivity index (χ1) is 11.3. The Kier molecular flexibility index (Phi) is 5.71. The Balaban J connectivity index is 2.23. The molecule has 2 rings (SSSR count). The minimum absolute atomic E-state index is 0.0228. The minimum atomic E-state index is -3.84. The van der Waals surface area contributed by atoms with E-state index in [2.05, 4.69) is 16.6 Å². The third kappa shape index (κ3) is 4.19. The average molecular weight is 369 g/mol. The highest BCUT2D eigenvalue weighted by Crippen LogP contribution is 2.21. The first-order valence-electron chi connectivity index (χ1n) is 6.81. The predicted molar refractivity (Wildman–Crippen MR) is 91.2 cm³/mol. The molecule has 0 fully saturated rings. The van der Waals surface area contributed by atoms with Crippen LogP contribution in [-0.2, 0) is 10.0 Å². The lowest BCUT2D eigenvalue weighted by atomic mass is 10.2. The summed E-state index contributed by atoms with van der Waals surface area (Å²) in [6.45, 7) is 3.42. The van der Waals surface area contributed by atoms with Crippen molar-refractivity contribution in [1.82, 2.24) is 4.72 Å². The third-order valence-corrected chi connectivity index (χ3v) is 4.79. The van der Waals surface area contributed by atoms with Crippen LogP contribution >= 0.6 is 11.6 Å². The van der Waals surface area contributed by atoms with Crippen molar-refractivity contribution < 1.29 is 17.6 Å². The van der Waals surface area contributed by atoms with E-state index in [1.165, 1.54) is 30.3 Å². The summed E-state index contributed by atoms with van der Waals surface area (Å²) in [5.41, 5.74) is 0.0329. The molecule has 0 aliphatic rings. The van der Waals surface area contributed by atoms with E-state index in [0.717, 1.165) is 6.07 Å². The van der Waals surface area contributed by atoms with E-state index < -0.39 is 21.7 Å². The molecule has 0 radical (unpaired) electrons. The number of hydrogen-bond donors (Lipinski definition) is 2. The van der Waals surface area contributed by atoms with Gasteiger partial charge in [0.15, 0.2) is 0 Å². The zero-order valence-electron chi connectivity index (χ0n) is 12.4. The number of benzene rings is 2. The molecule has 2 aromatic carbocycles. The van der Waals surface area contributed by atoms with Crippen LogP contribution in [0.2, 0.25) is 5.02 Å². The first kappa shape index (κ1) is 18.1. The first-order valence-corrected chi connectivity index (χ1v) is 8.67. The zero-order valence-corrected chi connectivity index (χ0v) is 14.0. The number of halogens is 2. The van der Waals surface area contributed by atoms with Crippen LogP contribution < -0.4 is 10.0 Å². The molecular weight excluding hydrogens is 355 g/mol. The van der Waals surface area contributed by atoms with Crippen LogP contribution in [-0.4, -0.2) is 20.9 Å². The standard InChI is InChI=1S/C16H14ClFN2O3S/c1-2-9-19-24(22,23)11-7-8-15(14(18)10-11)20-16(21)12-5-3-4-6-13(12)17/h2-8,10,19H,1,9H2,(H,20,21). The Morgan fingerprint density at radius 3 is 2.58 bits per heavy atom. The summed E-state index contributed by atoms with van der Waals surface area (Å²) < 4.78 is 40.2. The van der Waals surface area contributed by atoms with Gasteiger partial charge in [0.2, 0.25) is 10.0 Å². The SMILES string of the molecule is C=CCNS(=O)(=O)c1ccc(NC(=O)c2ccccc2Cl)c(F)c1. The van der Waals surface area contributed by atoms with Crippen LogP contribution in [0.5, 0.6) is 0 Å². The molecule has 0 saturated carbocycles. The lowest BCUT2D eigenvalue weighted by molar-refractivity contribution is 0.102. The molecule has 8 heteroatoms. The van der Waals surface area contributed by atoms with E-state index in [4.69, 9.17) is 11.6 Å². The quantitative estimate of drug-likeness (QED) is 0.769. The Morgan fingerprint density at radius 1 is 1.25 bits per heavy atom. The fraction of sp³-hybridized carbons (Fsp3) is 0.0625. The maximum absolute atomic E-state index is 14.1. The Morgan fingerprint density at radius 2 is 1.96 bits per heavy atom. The van der Waals surface area contributed by atoms with Gasteiger partial charge in [0.1, 0.15) is 5.82 Å². The van der Waals surface area contributed by atoms with E-state index in [1.807, 2.05) is 0 Å². The number of nitrogens with one attached hydrogen (secondary N) is 2. The maximum atomic E-state index is 14.1. The third-order valence-electron chi connectivity index (χ3n) is 3.04. The van der Waals surface area contributed by atoms with Crippen molar-refractivity contribution in [1.29, 1.82) is 0 Å². The Hall–Kier alpha value is -2.22. The number of sulfonamides is 1. The fourth-order valence-electron chi connectivity index (χ4n) is 1.85. The van der Waals surface area contributed by atoms with Gasteiger partial charge >= 0.3 is 0 Å². The van der Waals surface area contributed by atoms with Crippen LogP contribution in [0.15, 0.2) is 60.0 Å². The van der Waals surface area contributed by atoms with Gasteiger partial charge in [-0.15, -0.1) is 6.58 Å². The van der Waals surface area contributed by atoms with Gasteiger partial charge in [0, 0.05) is 6.54 Å². The maximum Gasteiger partial charge on any atom is 0.257 e. The normalized spacial score (nSPS) is 11.1. The molecular formula is C16H14ClFN2O3S. The molecule has 24 heavy (non-hydrogen) atoms. The number of rotatable bonds is 6. The second-order valence-electron chi connectivity index (χ2n) is 4.72. The summed E-state index contributed by atoms with van der Waals surface area (Å²) in [5.74, 6) is -1.48. The highest BCUT2D eigenvalue weighted by Gasteiger charge is 2.17. The zero-order chi connectivity index (χ0) is 17.7. The molecule has 0 aliphatic heterocycles. The molecule has 0 aliphatic carbocycles. The molecule has 2 aromatic rings. The molecule has 5 nitrogen and oxygen atoms in total. The predicted octanol–water partition coefficient (Wildman–Crippen LogP) is 3.20. The monoisotopic (exact) mass is 368 g/mol. The second kappa shape index (κ2) is 7.57. The molecule has 0 bridgehead atoms. The summed E-state index contributed by atoms with van der Waals surface area (Å²) in [6, 6.07) is 9.51. The fourth-order valence-corrected chi connectivity index (χ4v) is 3.08. The lowest BCUT2D eigenvalue weighted by Crippen LogP contribution is -2.24. The van der Waals surface area contributed by atoms with Crippen LogP contribution in [0.3, 0.4) is 0 Å². The van der Waals surface area contributed by atoms with Crippen molar-refractivity contribution in [2.75, 3.05) is 11.9 Å². The number of carbonyl (C=O) groups excluding carboxylic acids is 1. The van der Waals surface area contributed by atoms with Gasteiger partial charge in [-0.05, 0) is 30.3 Å². The molecule has 0 unspecified atom stereocenters. The number of hydrogen-bond acceptors (Lipinski definition) is 3. The summed E-state index contributed by atoms with van der Waals surface area (Å²) in [5, 5.41) is 2.58. The van der Waals surface area contributed by atoms with E-state index in [-0.39, 0.29) is 27.7 Å². The van der Waals surface area contributed by atoms with Crippen molar-refractivity contribution in [3.8, 4) is 0 Å². The Labute approximate surface area is 144 Å². The van der Waals surface area contributed by atoms with Crippen molar-refractivity contribution in [3.63, 3.8) is 0 Å².